The molecular formula is C17H17ClN2O3S2. The summed E-state index contributed by atoms with van der Waals surface area (Å²) in [6.07, 6.45) is 0. The van der Waals surface area contributed by atoms with E-state index < -0.39 is 10.0 Å². The molecule has 5 nitrogen and oxygen atoms in total. The zero-order chi connectivity index (χ0) is 18.2. The Kier molecular flexibility index (Phi) is 4.99. The first-order valence-electron chi connectivity index (χ1n) is 7.62. The number of anilines is 2. The van der Waals surface area contributed by atoms with E-state index in [0.29, 0.717) is 22.9 Å². The Labute approximate surface area is 156 Å². The lowest BCUT2D eigenvalue weighted by Crippen LogP contribution is -2.33. The maximum Gasteiger partial charge on any atom is 0.262 e. The molecule has 1 heterocycles. The van der Waals surface area contributed by atoms with Crippen LogP contribution in [0.3, 0.4) is 0 Å². The summed E-state index contributed by atoms with van der Waals surface area (Å²) in [6, 6.07) is 9.92. The molecule has 0 saturated heterocycles. The number of benzene rings is 2. The highest BCUT2D eigenvalue weighted by Gasteiger charge is 2.24. The van der Waals surface area contributed by atoms with Gasteiger partial charge in [0.2, 0.25) is 5.91 Å². The molecular weight excluding hydrogens is 380 g/mol. The van der Waals surface area contributed by atoms with Crippen LogP contribution in [0.25, 0.3) is 0 Å². The molecule has 0 aliphatic carbocycles. The highest BCUT2D eigenvalue weighted by atomic mass is 35.5. The highest BCUT2D eigenvalue weighted by Crippen LogP contribution is 2.37. The quantitative estimate of drug-likeness (QED) is 0.854. The number of aryl methyl sites for hydroxylation is 1. The number of hydrogen-bond donors (Lipinski definition) is 1. The predicted molar refractivity (Wildman–Crippen MR) is 102 cm³/mol. The third-order valence-corrected chi connectivity index (χ3v) is 6.57. The lowest BCUT2D eigenvalue weighted by molar-refractivity contribution is -0.116. The lowest BCUT2D eigenvalue weighted by atomic mass is 10.2. The fraction of sp³-hybridized carbons (Fsp3) is 0.235. The standard InChI is InChI=1S/C17H17ClN2O3S2/c1-11-3-5-15(14(18)9-11)19-25(22,23)13-4-6-17-16(10-13)20(12(2)21)7-8-24-17/h3-6,9-10,19H,7-8H2,1-2H3. The molecule has 0 aromatic heterocycles. The van der Waals surface area contributed by atoms with E-state index >= 15 is 0 Å². The van der Waals surface area contributed by atoms with Crippen LogP contribution >= 0.6 is 23.4 Å². The van der Waals surface area contributed by atoms with Crippen LogP contribution < -0.4 is 9.62 Å². The minimum Gasteiger partial charge on any atom is -0.311 e. The summed E-state index contributed by atoms with van der Waals surface area (Å²) in [5, 5.41) is 0.336. The minimum atomic E-state index is -3.81. The molecule has 0 spiro atoms. The molecule has 132 valence electrons. The molecule has 25 heavy (non-hydrogen) atoms. The SMILES string of the molecule is CC(=O)N1CCSc2ccc(S(=O)(=O)Nc3ccc(C)cc3Cl)cc21. The third kappa shape index (κ3) is 3.78. The van der Waals surface area contributed by atoms with E-state index in [0.717, 1.165) is 16.2 Å². The fourth-order valence-corrected chi connectivity index (χ4v) is 5.01. The molecule has 1 amide bonds. The van der Waals surface area contributed by atoms with Crippen LogP contribution in [0.2, 0.25) is 5.02 Å². The first-order valence-corrected chi connectivity index (χ1v) is 10.5. The molecule has 1 N–H and O–H groups in total. The van der Waals surface area contributed by atoms with Gasteiger partial charge in [-0.2, -0.15) is 0 Å². The predicted octanol–water partition coefficient (Wildman–Crippen LogP) is 3.91. The van der Waals surface area contributed by atoms with Crippen LogP contribution in [-0.2, 0) is 14.8 Å². The molecule has 3 rings (SSSR count). The van der Waals surface area contributed by atoms with E-state index in [1.54, 1.807) is 47.0 Å². The molecule has 0 radical (unpaired) electrons. The second-order valence-electron chi connectivity index (χ2n) is 5.74. The number of carbonyl (C=O) groups excluding carboxylic acids is 1. The number of halogens is 1. The van der Waals surface area contributed by atoms with Gasteiger partial charge in [0, 0.05) is 24.1 Å². The number of fused-ring (bicyclic) bond motifs is 1. The minimum absolute atomic E-state index is 0.0941. The van der Waals surface area contributed by atoms with Gasteiger partial charge >= 0.3 is 0 Å². The van der Waals surface area contributed by atoms with Crippen molar-refractivity contribution >= 4 is 50.7 Å². The average molecular weight is 397 g/mol. The summed E-state index contributed by atoms with van der Waals surface area (Å²) < 4.78 is 28.0. The Bertz CT molecular complexity index is 945. The zero-order valence-electron chi connectivity index (χ0n) is 13.7. The van der Waals surface area contributed by atoms with E-state index in [4.69, 9.17) is 11.6 Å². The maximum absolute atomic E-state index is 12.7. The largest absolute Gasteiger partial charge is 0.311 e. The fourth-order valence-electron chi connectivity index (χ4n) is 2.60. The molecule has 0 bridgehead atoms. The number of rotatable bonds is 3. The van der Waals surface area contributed by atoms with Crippen LogP contribution in [0, 0.1) is 6.92 Å². The molecule has 2 aromatic carbocycles. The molecule has 8 heteroatoms. The summed E-state index contributed by atoms with van der Waals surface area (Å²) in [4.78, 5) is 14.4. The summed E-state index contributed by atoms with van der Waals surface area (Å²) in [5.74, 6) is 0.682. The van der Waals surface area contributed by atoms with Crippen molar-refractivity contribution in [1.82, 2.24) is 0 Å². The maximum atomic E-state index is 12.7. The van der Waals surface area contributed by atoms with Crippen LogP contribution in [0.15, 0.2) is 46.2 Å². The molecule has 2 aromatic rings. The summed E-state index contributed by atoms with van der Waals surface area (Å²) in [6.45, 7) is 3.92. The monoisotopic (exact) mass is 396 g/mol. The smallest absolute Gasteiger partial charge is 0.262 e. The van der Waals surface area contributed by atoms with Crippen molar-refractivity contribution in [3.05, 3.63) is 47.0 Å². The number of amides is 1. The lowest BCUT2D eigenvalue weighted by Gasteiger charge is -2.28. The molecule has 0 fully saturated rings. The van der Waals surface area contributed by atoms with E-state index in [9.17, 15) is 13.2 Å². The van der Waals surface area contributed by atoms with Crippen LogP contribution in [-0.4, -0.2) is 26.6 Å². The Morgan fingerprint density at radius 2 is 2.00 bits per heavy atom. The first-order chi connectivity index (χ1) is 11.8. The van der Waals surface area contributed by atoms with Gasteiger partial charge in [-0.3, -0.25) is 9.52 Å². The second kappa shape index (κ2) is 6.90. The molecule has 0 atom stereocenters. The van der Waals surface area contributed by atoms with Gasteiger partial charge in [-0.1, -0.05) is 17.7 Å². The van der Waals surface area contributed by atoms with Gasteiger partial charge in [0.25, 0.3) is 10.0 Å². The number of nitrogens with zero attached hydrogens (tertiary/aromatic N) is 1. The van der Waals surface area contributed by atoms with Crippen LogP contribution in [0.1, 0.15) is 12.5 Å². The molecule has 0 unspecified atom stereocenters. The number of nitrogens with one attached hydrogen (secondary N) is 1. The molecule has 0 saturated carbocycles. The second-order valence-corrected chi connectivity index (χ2v) is 8.96. The van der Waals surface area contributed by atoms with E-state index in [2.05, 4.69) is 4.72 Å². The third-order valence-electron chi connectivity index (χ3n) is 3.85. The highest BCUT2D eigenvalue weighted by molar-refractivity contribution is 7.99. The van der Waals surface area contributed by atoms with Gasteiger partial charge in [0.1, 0.15) is 0 Å². The van der Waals surface area contributed by atoms with Gasteiger partial charge in [-0.05, 0) is 42.8 Å². The number of sulfonamides is 1. The average Bonchev–Trinajstić information content (AvgIpc) is 2.56. The topological polar surface area (TPSA) is 66.5 Å². The van der Waals surface area contributed by atoms with Gasteiger partial charge in [0.15, 0.2) is 0 Å². The van der Waals surface area contributed by atoms with Crippen molar-refractivity contribution in [1.29, 1.82) is 0 Å². The van der Waals surface area contributed by atoms with Crippen molar-refractivity contribution in [3.8, 4) is 0 Å². The van der Waals surface area contributed by atoms with Crippen molar-refractivity contribution in [3.63, 3.8) is 0 Å². The van der Waals surface area contributed by atoms with Crippen molar-refractivity contribution < 1.29 is 13.2 Å². The Morgan fingerprint density at radius 3 is 2.68 bits per heavy atom. The number of carbonyl (C=O) groups is 1. The first kappa shape index (κ1) is 18.1. The summed E-state index contributed by atoms with van der Waals surface area (Å²) >= 11 is 7.73. The Balaban J connectivity index is 1.98. The molecule has 1 aliphatic rings. The zero-order valence-corrected chi connectivity index (χ0v) is 16.1. The summed E-state index contributed by atoms with van der Waals surface area (Å²) in [5.41, 5.74) is 1.89. The van der Waals surface area contributed by atoms with Gasteiger partial charge < -0.3 is 4.90 Å². The normalized spacial score (nSPS) is 14.1. The van der Waals surface area contributed by atoms with E-state index in [1.165, 1.54) is 13.0 Å². The number of thioether (sulfide) groups is 1. The van der Waals surface area contributed by atoms with E-state index in [-0.39, 0.29) is 10.8 Å². The number of hydrogen-bond acceptors (Lipinski definition) is 4. The Hall–Kier alpha value is -1.70. The van der Waals surface area contributed by atoms with Crippen molar-refractivity contribution in [2.24, 2.45) is 0 Å². The molecule has 1 aliphatic heterocycles. The van der Waals surface area contributed by atoms with Crippen molar-refractivity contribution in [2.45, 2.75) is 23.6 Å². The van der Waals surface area contributed by atoms with Gasteiger partial charge in [-0.25, -0.2) is 8.42 Å². The van der Waals surface area contributed by atoms with Crippen LogP contribution in [0.5, 0.6) is 0 Å². The van der Waals surface area contributed by atoms with Gasteiger partial charge in [-0.15, -0.1) is 11.8 Å². The van der Waals surface area contributed by atoms with E-state index in [1.807, 2.05) is 6.92 Å². The Morgan fingerprint density at radius 1 is 1.24 bits per heavy atom. The summed E-state index contributed by atoms with van der Waals surface area (Å²) in [7, 11) is -3.81. The van der Waals surface area contributed by atoms with Gasteiger partial charge in [0.05, 0.1) is 21.3 Å². The van der Waals surface area contributed by atoms with Crippen LogP contribution in [0.4, 0.5) is 11.4 Å². The van der Waals surface area contributed by atoms with Crippen molar-refractivity contribution in [2.75, 3.05) is 21.9 Å².